The van der Waals surface area contributed by atoms with Gasteiger partial charge in [-0.25, -0.2) is 4.98 Å². The predicted octanol–water partition coefficient (Wildman–Crippen LogP) is 3.38. The lowest BCUT2D eigenvalue weighted by atomic mass is 10.1. The number of rotatable bonds is 8. The van der Waals surface area contributed by atoms with Gasteiger partial charge in [0.1, 0.15) is 0 Å². The lowest BCUT2D eigenvalue weighted by Crippen LogP contribution is -2.36. The number of aromatic nitrogens is 2. The molecule has 0 aliphatic carbocycles. The zero-order valence-electron chi connectivity index (χ0n) is 18.1. The Kier molecular flexibility index (Phi) is 9.44. The summed E-state index contributed by atoms with van der Waals surface area (Å²) in [5.41, 5.74) is 3.18. The summed E-state index contributed by atoms with van der Waals surface area (Å²) in [6.07, 6.45) is 5.48. The summed E-state index contributed by atoms with van der Waals surface area (Å²) in [5, 5.41) is 6.67. The number of nitrogens with zero attached hydrogens (tertiary/aromatic N) is 3. The highest BCUT2D eigenvalue weighted by Crippen LogP contribution is 2.38. The summed E-state index contributed by atoms with van der Waals surface area (Å²) in [5.74, 6) is 2.49. The normalized spacial score (nSPS) is 10.8. The Labute approximate surface area is 199 Å². The van der Waals surface area contributed by atoms with Gasteiger partial charge < -0.3 is 29.4 Å². The fraction of sp³-hybridized carbons (Fsp3) is 0.273. The van der Waals surface area contributed by atoms with Crippen LogP contribution in [0.4, 0.5) is 0 Å². The van der Waals surface area contributed by atoms with E-state index in [4.69, 9.17) is 14.2 Å². The van der Waals surface area contributed by atoms with Gasteiger partial charge in [0.25, 0.3) is 0 Å². The molecule has 0 amide bonds. The van der Waals surface area contributed by atoms with Crippen LogP contribution in [0.5, 0.6) is 17.2 Å². The van der Waals surface area contributed by atoms with Gasteiger partial charge in [0, 0.05) is 32.5 Å². The van der Waals surface area contributed by atoms with Crippen LogP contribution in [-0.4, -0.2) is 43.9 Å². The quantitative estimate of drug-likeness (QED) is 0.261. The van der Waals surface area contributed by atoms with Crippen molar-refractivity contribution in [2.75, 3.05) is 28.4 Å². The topological polar surface area (TPSA) is 81.9 Å². The molecule has 0 unspecified atom stereocenters. The average Bonchev–Trinajstić information content (AvgIpc) is 3.33. The first-order chi connectivity index (χ1) is 14.7. The number of guanidine groups is 1. The SMILES string of the molecule is CN=C(NCc1cc(OC)c(OC)c(OC)c1)NCc1ccccc1-n1ccnc1.I. The second kappa shape index (κ2) is 12.0. The third kappa shape index (κ3) is 6.03. The number of hydrogen-bond donors (Lipinski definition) is 2. The molecule has 1 aromatic heterocycles. The van der Waals surface area contributed by atoms with Crippen molar-refractivity contribution in [3.8, 4) is 22.9 Å². The molecule has 2 aromatic carbocycles. The van der Waals surface area contributed by atoms with E-state index in [-0.39, 0.29) is 24.0 Å². The molecule has 0 bridgehead atoms. The van der Waals surface area contributed by atoms with Crippen molar-refractivity contribution < 1.29 is 14.2 Å². The predicted molar refractivity (Wildman–Crippen MR) is 132 cm³/mol. The molecule has 0 saturated carbocycles. The van der Waals surface area contributed by atoms with Gasteiger partial charge in [0.05, 0.1) is 33.3 Å². The molecule has 9 heteroatoms. The van der Waals surface area contributed by atoms with Gasteiger partial charge in [-0.3, -0.25) is 4.99 Å². The van der Waals surface area contributed by atoms with Crippen LogP contribution in [0.2, 0.25) is 0 Å². The number of methoxy groups -OCH3 is 3. The maximum Gasteiger partial charge on any atom is 0.203 e. The van der Waals surface area contributed by atoms with Crippen LogP contribution in [0.15, 0.2) is 60.1 Å². The average molecular weight is 537 g/mol. The van der Waals surface area contributed by atoms with E-state index in [1.807, 2.05) is 35.0 Å². The van der Waals surface area contributed by atoms with Crippen molar-refractivity contribution in [1.29, 1.82) is 0 Å². The number of aliphatic imine (C=N–C) groups is 1. The monoisotopic (exact) mass is 537 g/mol. The summed E-state index contributed by atoms with van der Waals surface area (Å²) >= 11 is 0. The van der Waals surface area contributed by atoms with Crippen molar-refractivity contribution in [3.63, 3.8) is 0 Å². The van der Waals surface area contributed by atoms with E-state index in [2.05, 4.69) is 32.7 Å². The fourth-order valence-corrected chi connectivity index (χ4v) is 3.14. The van der Waals surface area contributed by atoms with E-state index < -0.39 is 0 Å². The van der Waals surface area contributed by atoms with Crippen LogP contribution in [0, 0.1) is 0 Å². The Morgan fingerprint density at radius 1 is 1.00 bits per heavy atom. The molecule has 8 nitrogen and oxygen atoms in total. The first-order valence-corrected chi connectivity index (χ1v) is 9.49. The number of benzene rings is 2. The summed E-state index contributed by atoms with van der Waals surface area (Å²) in [4.78, 5) is 8.45. The highest BCUT2D eigenvalue weighted by molar-refractivity contribution is 14.0. The first-order valence-electron chi connectivity index (χ1n) is 9.49. The molecule has 3 rings (SSSR count). The zero-order chi connectivity index (χ0) is 21.3. The largest absolute Gasteiger partial charge is 0.493 e. The van der Waals surface area contributed by atoms with Crippen molar-refractivity contribution in [2.45, 2.75) is 13.1 Å². The number of para-hydroxylation sites is 1. The number of ether oxygens (including phenoxy) is 3. The van der Waals surface area contributed by atoms with Gasteiger partial charge >= 0.3 is 0 Å². The van der Waals surface area contributed by atoms with E-state index in [1.165, 1.54) is 0 Å². The molecule has 1 heterocycles. The van der Waals surface area contributed by atoms with E-state index in [0.717, 1.165) is 16.8 Å². The third-order valence-corrected chi connectivity index (χ3v) is 4.63. The van der Waals surface area contributed by atoms with Crippen LogP contribution < -0.4 is 24.8 Å². The summed E-state index contributed by atoms with van der Waals surface area (Å²) in [7, 11) is 6.54. The molecule has 0 aliphatic heterocycles. The minimum Gasteiger partial charge on any atom is -0.493 e. The molecule has 31 heavy (non-hydrogen) atoms. The van der Waals surface area contributed by atoms with Gasteiger partial charge in [-0.2, -0.15) is 0 Å². The first kappa shape index (κ1) is 24.3. The third-order valence-electron chi connectivity index (χ3n) is 4.63. The highest BCUT2D eigenvalue weighted by Gasteiger charge is 2.13. The minimum atomic E-state index is 0. The van der Waals surface area contributed by atoms with Crippen LogP contribution in [0.1, 0.15) is 11.1 Å². The van der Waals surface area contributed by atoms with E-state index in [0.29, 0.717) is 36.3 Å². The van der Waals surface area contributed by atoms with Crippen molar-refractivity contribution in [1.82, 2.24) is 20.2 Å². The van der Waals surface area contributed by atoms with Crippen LogP contribution in [0.25, 0.3) is 5.69 Å². The second-order valence-electron chi connectivity index (χ2n) is 6.41. The number of imidazole rings is 1. The molecule has 0 radical (unpaired) electrons. The molecule has 0 fully saturated rings. The standard InChI is InChI=1S/C22H27N5O3.HI/c1-23-22(25-13-16-11-19(28-2)21(30-4)20(12-16)29-3)26-14-17-7-5-6-8-18(17)27-10-9-24-15-27;/h5-12,15H,13-14H2,1-4H3,(H2,23,25,26);1H. The molecular formula is C22H28IN5O3. The van der Waals surface area contributed by atoms with E-state index in [9.17, 15) is 0 Å². The van der Waals surface area contributed by atoms with Crippen LogP contribution >= 0.6 is 24.0 Å². The molecule has 0 atom stereocenters. The van der Waals surface area contributed by atoms with E-state index >= 15 is 0 Å². The Bertz CT molecular complexity index is 968. The van der Waals surface area contributed by atoms with Crippen molar-refractivity contribution in [3.05, 3.63) is 66.2 Å². The Morgan fingerprint density at radius 2 is 1.68 bits per heavy atom. The summed E-state index contributed by atoms with van der Waals surface area (Å²) in [6.45, 7) is 1.16. The van der Waals surface area contributed by atoms with E-state index in [1.54, 1.807) is 40.9 Å². The summed E-state index contributed by atoms with van der Waals surface area (Å²) < 4.78 is 18.2. The molecular weight excluding hydrogens is 509 g/mol. The Balaban J connectivity index is 0.00000341. The second-order valence-corrected chi connectivity index (χ2v) is 6.41. The van der Waals surface area contributed by atoms with Gasteiger partial charge in [-0.1, -0.05) is 18.2 Å². The Morgan fingerprint density at radius 3 is 2.26 bits per heavy atom. The molecule has 0 saturated heterocycles. The molecule has 0 spiro atoms. The zero-order valence-corrected chi connectivity index (χ0v) is 20.4. The number of halogens is 1. The Hall–Kier alpha value is -2.95. The maximum absolute atomic E-state index is 5.42. The molecule has 2 N–H and O–H groups in total. The lowest BCUT2D eigenvalue weighted by Gasteiger charge is -2.16. The summed E-state index contributed by atoms with van der Waals surface area (Å²) in [6, 6.07) is 12.0. The van der Waals surface area contributed by atoms with Gasteiger partial charge in [-0.15, -0.1) is 24.0 Å². The smallest absolute Gasteiger partial charge is 0.203 e. The lowest BCUT2D eigenvalue weighted by molar-refractivity contribution is 0.323. The number of nitrogens with one attached hydrogen (secondary N) is 2. The highest BCUT2D eigenvalue weighted by atomic mass is 127. The van der Waals surface area contributed by atoms with Gasteiger partial charge in [-0.05, 0) is 29.3 Å². The number of hydrogen-bond acceptors (Lipinski definition) is 5. The maximum atomic E-state index is 5.42. The van der Waals surface area contributed by atoms with Crippen molar-refractivity contribution in [2.24, 2.45) is 4.99 Å². The van der Waals surface area contributed by atoms with Crippen molar-refractivity contribution >= 4 is 29.9 Å². The van der Waals surface area contributed by atoms with Crippen LogP contribution in [-0.2, 0) is 13.1 Å². The van der Waals surface area contributed by atoms with Gasteiger partial charge in [0.2, 0.25) is 5.75 Å². The molecule has 166 valence electrons. The van der Waals surface area contributed by atoms with Gasteiger partial charge in [0.15, 0.2) is 17.5 Å². The fourth-order valence-electron chi connectivity index (χ4n) is 3.14. The molecule has 0 aliphatic rings. The molecule has 3 aromatic rings. The minimum absolute atomic E-state index is 0. The van der Waals surface area contributed by atoms with Crippen LogP contribution in [0.3, 0.4) is 0 Å².